The summed E-state index contributed by atoms with van der Waals surface area (Å²) in [5, 5.41) is 1.88. The highest BCUT2D eigenvalue weighted by Gasteiger charge is 2.29. The number of fused-ring (bicyclic) bond motifs is 5. The maximum atomic E-state index is 13.1. The van der Waals surface area contributed by atoms with Gasteiger partial charge in [0.05, 0.1) is 24.0 Å². The Labute approximate surface area is 194 Å². The number of carbonyl (C=O) groups excluding carboxylic acids is 1. The summed E-state index contributed by atoms with van der Waals surface area (Å²) in [4.78, 5) is 13.1. The van der Waals surface area contributed by atoms with Crippen LogP contribution in [0.4, 0.5) is 0 Å². The van der Waals surface area contributed by atoms with E-state index in [9.17, 15) is 4.79 Å². The third-order valence-electron chi connectivity index (χ3n) is 6.61. The maximum absolute atomic E-state index is 13.1. The van der Waals surface area contributed by atoms with Crippen molar-refractivity contribution in [1.29, 1.82) is 0 Å². The first-order chi connectivity index (χ1) is 16.1. The molecular formula is C27H30NO5+. The Kier molecular flexibility index (Phi) is 5.83. The van der Waals surface area contributed by atoms with Crippen LogP contribution in [-0.4, -0.2) is 19.9 Å². The van der Waals surface area contributed by atoms with Crippen LogP contribution in [0.5, 0.6) is 23.0 Å². The number of ether oxygens (including phenoxy) is 4. The molecule has 0 aliphatic carbocycles. The number of rotatable bonds is 7. The van der Waals surface area contributed by atoms with Crippen LogP contribution < -0.4 is 23.5 Å². The Balaban J connectivity index is 1.58. The van der Waals surface area contributed by atoms with Crippen molar-refractivity contribution in [3.8, 4) is 34.3 Å². The Morgan fingerprint density at radius 3 is 2.58 bits per heavy atom. The van der Waals surface area contributed by atoms with E-state index in [0.717, 1.165) is 72.2 Å². The van der Waals surface area contributed by atoms with Gasteiger partial charge in [0, 0.05) is 12.5 Å². The molecule has 33 heavy (non-hydrogen) atoms. The lowest BCUT2D eigenvalue weighted by atomic mass is 9.95. The molecule has 2 aliphatic rings. The number of aryl methyl sites for hydroxylation is 2. The predicted octanol–water partition coefficient (Wildman–Crippen LogP) is 5.21. The van der Waals surface area contributed by atoms with Crippen LogP contribution in [0.25, 0.3) is 22.0 Å². The fourth-order valence-electron chi connectivity index (χ4n) is 4.92. The molecule has 2 aliphatic heterocycles. The lowest BCUT2D eigenvalue weighted by Gasteiger charge is -2.19. The van der Waals surface area contributed by atoms with Crippen LogP contribution in [-0.2, 0) is 17.8 Å². The highest BCUT2D eigenvalue weighted by molar-refractivity contribution is 5.94. The van der Waals surface area contributed by atoms with Gasteiger partial charge in [-0.3, -0.25) is 4.79 Å². The molecule has 0 unspecified atom stereocenters. The van der Waals surface area contributed by atoms with E-state index in [2.05, 4.69) is 42.8 Å². The third kappa shape index (κ3) is 3.88. The number of hydrogen-bond donors (Lipinski definition) is 0. The van der Waals surface area contributed by atoms with Gasteiger partial charge in [-0.1, -0.05) is 26.7 Å². The van der Waals surface area contributed by atoms with Gasteiger partial charge in [0.25, 0.3) is 0 Å². The molecule has 6 nitrogen and oxygen atoms in total. The zero-order valence-corrected chi connectivity index (χ0v) is 19.5. The number of benzene rings is 2. The van der Waals surface area contributed by atoms with Gasteiger partial charge in [0.2, 0.25) is 12.5 Å². The third-order valence-corrected chi connectivity index (χ3v) is 6.61. The zero-order valence-electron chi connectivity index (χ0n) is 19.5. The maximum Gasteiger partial charge on any atom is 0.314 e. The number of pyridine rings is 1. The number of hydrogen-bond acceptors (Lipinski definition) is 5. The van der Waals surface area contributed by atoms with E-state index in [1.54, 1.807) is 7.11 Å². The molecule has 0 spiro atoms. The summed E-state index contributed by atoms with van der Waals surface area (Å²) in [7, 11) is 1.61. The smallest absolute Gasteiger partial charge is 0.314 e. The Morgan fingerprint density at radius 2 is 1.85 bits per heavy atom. The van der Waals surface area contributed by atoms with Gasteiger partial charge in [0.1, 0.15) is 0 Å². The lowest BCUT2D eigenvalue weighted by Crippen LogP contribution is -2.40. The molecule has 0 atom stereocenters. The monoisotopic (exact) mass is 448 g/mol. The van der Waals surface area contributed by atoms with Crippen LogP contribution in [0, 0.1) is 5.92 Å². The lowest BCUT2D eigenvalue weighted by molar-refractivity contribution is -0.686. The largest absolute Gasteiger partial charge is 0.493 e. The number of esters is 1. The summed E-state index contributed by atoms with van der Waals surface area (Å²) >= 11 is 0. The average molecular weight is 449 g/mol. The normalized spacial score (nSPS) is 13.7. The Morgan fingerprint density at radius 1 is 1.09 bits per heavy atom. The van der Waals surface area contributed by atoms with Gasteiger partial charge < -0.3 is 18.9 Å². The molecule has 0 bridgehead atoms. The molecule has 6 heteroatoms. The topological polar surface area (TPSA) is 57.9 Å². The highest BCUT2D eigenvalue weighted by Crippen LogP contribution is 2.42. The van der Waals surface area contributed by atoms with E-state index in [-0.39, 0.29) is 18.7 Å². The first kappa shape index (κ1) is 21.6. The van der Waals surface area contributed by atoms with E-state index in [4.69, 9.17) is 18.9 Å². The minimum Gasteiger partial charge on any atom is -0.493 e. The first-order valence-electron chi connectivity index (χ1n) is 11.8. The Bertz CT molecular complexity index is 1210. The molecule has 1 aromatic heterocycles. The molecule has 3 heterocycles. The van der Waals surface area contributed by atoms with Crippen LogP contribution in [0.2, 0.25) is 0 Å². The van der Waals surface area contributed by atoms with E-state index >= 15 is 0 Å². The van der Waals surface area contributed by atoms with Crippen molar-refractivity contribution in [2.75, 3.05) is 13.9 Å². The minimum atomic E-state index is -0.176. The van der Waals surface area contributed by atoms with Gasteiger partial charge in [-0.05, 0) is 48.1 Å². The quantitative estimate of drug-likeness (QED) is 0.282. The summed E-state index contributed by atoms with van der Waals surface area (Å²) in [5.74, 6) is 2.40. The first-order valence-corrected chi connectivity index (χ1v) is 11.8. The molecule has 0 fully saturated rings. The number of methoxy groups -OCH3 is 1. The van der Waals surface area contributed by atoms with Crippen LogP contribution in [0.15, 0.2) is 36.5 Å². The number of carbonyl (C=O) groups is 1. The van der Waals surface area contributed by atoms with Crippen LogP contribution in [0.3, 0.4) is 0 Å². The molecule has 0 N–H and O–H groups in total. The predicted molar refractivity (Wildman–Crippen MR) is 125 cm³/mol. The second-order valence-electron chi connectivity index (χ2n) is 8.76. The van der Waals surface area contributed by atoms with Gasteiger partial charge in [-0.2, -0.15) is 4.57 Å². The summed E-state index contributed by atoms with van der Waals surface area (Å²) in [5.41, 5.74) is 3.51. The summed E-state index contributed by atoms with van der Waals surface area (Å²) in [6.07, 6.45) is 6.54. The van der Waals surface area contributed by atoms with E-state index in [1.807, 2.05) is 12.1 Å². The van der Waals surface area contributed by atoms with Crippen molar-refractivity contribution in [2.24, 2.45) is 5.92 Å². The van der Waals surface area contributed by atoms with Crippen molar-refractivity contribution in [1.82, 2.24) is 0 Å². The van der Waals surface area contributed by atoms with Crippen molar-refractivity contribution >= 4 is 16.7 Å². The molecule has 0 saturated carbocycles. The second-order valence-corrected chi connectivity index (χ2v) is 8.76. The number of nitrogens with zero attached hydrogens (tertiary/aromatic N) is 1. The SMILES string of the molecule is CCCC(CCC)C(=O)Oc1c(OC)ccc2cc3[n+](cc12)CCc1cc2c(cc1-3)OCO2. The van der Waals surface area contributed by atoms with Crippen molar-refractivity contribution in [3.63, 3.8) is 0 Å². The van der Waals surface area contributed by atoms with E-state index in [0.29, 0.717) is 11.5 Å². The van der Waals surface area contributed by atoms with Crippen molar-refractivity contribution < 1.29 is 28.3 Å². The second kappa shape index (κ2) is 8.93. The van der Waals surface area contributed by atoms with E-state index in [1.165, 1.54) is 5.56 Å². The van der Waals surface area contributed by atoms with Gasteiger partial charge >= 0.3 is 5.97 Å². The standard InChI is InChI=1S/C27H30NO5/c1-4-6-17(7-5-2)27(29)33-26-21-15-28-11-10-19-13-24-25(32-16-31-24)14-20(19)22(28)12-18(21)8-9-23(26)30-3/h8-9,12-15,17H,4-7,10-11,16H2,1-3H3/q+1. The van der Waals surface area contributed by atoms with Gasteiger partial charge in [0.15, 0.2) is 35.7 Å². The Hall–Kier alpha value is -3.28. The summed E-state index contributed by atoms with van der Waals surface area (Å²) in [6.45, 7) is 5.29. The van der Waals surface area contributed by atoms with Gasteiger partial charge in [-0.15, -0.1) is 0 Å². The molecule has 0 amide bonds. The van der Waals surface area contributed by atoms with E-state index < -0.39 is 0 Å². The molecule has 5 rings (SSSR count). The van der Waals surface area contributed by atoms with Crippen molar-refractivity contribution in [2.45, 2.75) is 52.5 Å². The van der Waals surface area contributed by atoms with Crippen molar-refractivity contribution in [3.05, 3.63) is 42.1 Å². The summed E-state index contributed by atoms with van der Waals surface area (Å²) in [6, 6.07) is 10.2. The molecule has 3 aromatic rings. The minimum absolute atomic E-state index is 0.0959. The molecule has 172 valence electrons. The van der Waals surface area contributed by atoms with Gasteiger partial charge in [-0.25, -0.2) is 0 Å². The van der Waals surface area contributed by atoms with Crippen LogP contribution in [0.1, 0.15) is 45.1 Å². The fourth-order valence-corrected chi connectivity index (χ4v) is 4.92. The average Bonchev–Trinajstić information content (AvgIpc) is 3.29. The highest BCUT2D eigenvalue weighted by atomic mass is 16.7. The molecule has 2 aromatic carbocycles. The molecular weight excluding hydrogens is 418 g/mol. The molecule has 0 saturated heterocycles. The zero-order chi connectivity index (χ0) is 22.9. The number of aromatic nitrogens is 1. The molecule has 0 radical (unpaired) electrons. The van der Waals surface area contributed by atoms with Crippen LogP contribution >= 0.6 is 0 Å². The summed E-state index contributed by atoms with van der Waals surface area (Å²) < 4.78 is 25.0. The fraction of sp³-hybridized carbons (Fsp3) is 0.407.